The maximum absolute atomic E-state index is 14.4. The zero-order chi connectivity index (χ0) is 16.8. The first-order valence-corrected chi connectivity index (χ1v) is 8.63. The Kier molecular flexibility index (Phi) is 3.83. The quantitative estimate of drug-likeness (QED) is 0.676. The molecule has 2 nitrogen and oxygen atoms in total. The standard InChI is InChI=1S/C19H16BrF2NO/c1-24-17-6-5-10(20)7-15(17)18-13-4-2-3-12(13)14-8-11(21)9-16(22)19(14)23-18/h2-3,5-9,12-13,18,23H,4H2,1H3/t12-,13+,18-/m1/s1. The Bertz CT molecular complexity index is 836. The van der Waals surface area contributed by atoms with Crippen molar-refractivity contribution in [2.45, 2.75) is 18.4 Å². The van der Waals surface area contributed by atoms with Crippen LogP contribution in [0.2, 0.25) is 0 Å². The molecule has 2 aliphatic rings. The highest BCUT2D eigenvalue weighted by molar-refractivity contribution is 9.10. The third-order valence-electron chi connectivity index (χ3n) is 4.91. The first kappa shape index (κ1) is 15.6. The molecule has 2 aromatic rings. The van der Waals surface area contributed by atoms with Crippen molar-refractivity contribution in [3.8, 4) is 5.75 Å². The first-order valence-electron chi connectivity index (χ1n) is 7.84. The van der Waals surface area contributed by atoms with Crippen LogP contribution in [0.3, 0.4) is 0 Å². The smallest absolute Gasteiger partial charge is 0.149 e. The summed E-state index contributed by atoms with van der Waals surface area (Å²) in [6.45, 7) is 0. The number of halogens is 3. The number of ether oxygens (including phenoxy) is 1. The highest BCUT2D eigenvalue weighted by Gasteiger charge is 2.40. The molecule has 1 heterocycles. The van der Waals surface area contributed by atoms with Gasteiger partial charge in [-0.3, -0.25) is 0 Å². The van der Waals surface area contributed by atoms with Crippen molar-refractivity contribution >= 4 is 21.6 Å². The van der Waals surface area contributed by atoms with Gasteiger partial charge in [0.05, 0.1) is 18.8 Å². The summed E-state index contributed by atoms with van der Waals surface area (Å²) >= 11 is 3.50. The molecule has 0 aromatic heterocycles. The van der Waals surface area contributed by atoms with E-state index in [2.05, 4.69) is 33.4 Å². The van der Waals surface area contributed by atoms with Crippen LogP contribution in [0.1, 0.15) is 29.5 Å². The summed E-state index contributed by atoms with van der Waals surface area (Å²) in [5.41, 5.74) is 2.05. The highest BCUT2D eigenvalue weighted by atomic mass is 79.9. The predicted molar refractivity (Wildman–Crippen MR) is 93.4 cm³/mol. The van der Waals surface area contributed by atoms with Gasteiger partial charge in [-0.2, -0.15) is 0 Å². The minimum Gasteiger partial charge on any atom is -0.496 e. The molecule has 24 heavy (non-hydrogen) atoms. The molecule has 0 spiro atoms. The third-order valence-corrected chi connectivity index (χ3v) is 5.41. The summed E-state index contributed by atoms with van der Waals surface area (Å²) < 4.78 is 34.5. The number of nitrogens with one attached hydrogen (secondary N) is 1. The maximum Gasteiger partial charge on any atom is 0.149 e. The van der Waals surface area contributed by atoms with Gasteiger partial charge in [0.1, 0.15) is 17.4 Å². The van der Waals surface area contributed by atoms with Crippen LogP contribution >= 0.6 is 15.9 Å². The van der Waals surface area contributed by atoms with Crippen molar-refractivity contribution in [1.82, 2.24) is 0 Å². The molecular weight excluding hydrogens is 376 g/mol. The van der Waals surface area contributed by atoms with Gasteiger partial charge in [0, 0.05) is 22.0 Å². The number of hydrogen-bond donors (Lipinski definition) is 1. The molecule has 1 aliphatic heterocycles. The number of hydrogen-bond acceptors (Lipinski definition) is 2. The van der Waals surface area contributed by atoms with E-state index in [1.165, 1.54) is 6.07 Å². The molecule has 0 saturated carbocycles. The normalized spacial score (nSPS) is 24.2. The molecular formula is C19H16BrF2NO. The molecule has 0 amide bonds. The van der Waals surface area contributed by atoms with Crippen molar-refractivity contribution in [2.75, 3.05) is 12.4 Å². The Hall–Kier alpha value is -1.88. The highest BCUT2D eigenvalue weighted by Crippen LogP contribution is 2.52. The molecule has 0 fully saturated rings. The predicted octanol–water partition coefficient (Wildman–Crippen LogP) is 5.56. The maximum atomic E-state index is 14.4. The van der Waals surface area contributed by atoms with Crippen molar-refractivity contribution in [1.29, 1.82) is 0 Å². The zero-order valence-electron chi connectivity index (χ0n) is 13.0. The van der Waals surface area contributed by atoms with E-state index in [-0.39, 0.29) is 17.9 Å². The number of benzene rings is 2. The van der Waals surface area contributed by atoms with Crippen molar-refractivity contribution in [3.63, 3.8) is 0 Å². The van der Waals surface area contributed by atoms with Crippen molar-refractivity contribution in [3.05, 3.63) is 69.7 Å². The minimum atomic E-state index is -0.553. The second-order valence-electron chi connectivity index (χ2n) is 6.21. The van der Waals surface area contributed by atoms with Gasteiger partial charge in [0.15, 0.2) is 0 Å². The largest absolute Gasteiger partial charge is 0.496 e. The van der Waals surface area contributed by atoms with Crippen LogP contribution in [0.25, 0.3) is 0 Å². The SMILES string of the molecule is COc1ccc(Br)cc1[C@@H]1Nc2c(F)cc(F)cc2[C@@H]2C=CC[C@@H]21. The lowest BCUT2D eigenvalue weighted by atomic mass is 9.76. The van der Waals surface area contributed by atoms with E-state index in [1.807, 2.05) is 18.2 Å². The van der Waals surface area contributed by atoms with Crippen LogP contribution < -0.4 is 10.1 Å². The lowest BCUT2D eigenvalue weighted by molar-refractivity contribution is 0.378. The summed E-state index contributed by atoms with van der Waals surface area (Å²) in [5, 5.41) is 3.30. The van der Waals surface area contributed by atoms with Crippen LogP contribution in [0.5, 0.6) is 5.75 Å². The third kappa shape index (κ3) is 2.42. The molecule has 0 unspecified atom stereocenters. The fraction of sp³-hybridized carbons (Fsp3) is 0.263. The number of methoxy groups -OCH3 is 1. The molecule has 1 N–H and O–H groups in total. The van der Waals surface area contributed by atoms with Gasteiger partial charge in [0.25, 0.3) is 0 Å². The Morgan fingerprint density at radius 2 is 2.00 bits per heavy atom. The fourth-order valence-electron chi connectivity index (χ4n) is 3.88. The van der Waals surface area contributed by atoms with E-state index in [9.17, 15) is 8.78 Å². The number of rotatable bonds is 2. The Morgan fingerprint density at radius 1 is 1.17 bits per heavy atom. The number of anilines is 1. The van der Waals surface area contributed by atoms with Crippen LogP contribution in [-0.4, -0.2) is 7.11 Å². The average Bonchev–Trinajstić information content (AvgIpc) is 3.04. The lowest BCUT2D eigenvalue weighted by Crippen LogP contribution is -2.30. The van der Waals surface area contributed by atoms with Gasteiger partial charge < -0.3 is 10.1 Å². The zero-order valence-corrected chi connectivity index (χ0v) is 14.6. The molecule has 0 radical (unpaired) electrons. The van der Waals surface area contributed by atoms with Crippen molar-refractivity contribution in [2.24, 2.45) is 5.92 Å². The Morgan fingerprint density at radius 3 is 2.79 bits per heavy atom. The Balaban J connectivity index is 1.86. The van der Waals surface area contributed by atoms with E-state index < -0.39 is 11.6 Å². The lowest BCUT2D eigenvalue weighted by Gasteiger charge is -2.38. The van der Waals surface area contributed by atoms with Gasteiger partial charge in [-0.05, 0) is 42.2 Å². The van der Waals surface area contributed by atoms with Gasteiger partial charge in [0.2, 0.25) is 0 Å². The molecule has 3 atom stereocenters. The summed E-state index contributed by atoms with van der Waals surface area (Å²) in [4.78, 5) is 0. The minimum absolute atomic E-state index is 0.000128. The summed E-state index contributed by atoms with van der Waals surface area (Å²) in [6, 6.07) is 8.07. The summed E-state index contributed by atoms with van der Waals surface area (Å²) in [6.07, 6.45) is 5.00. The van der Waals surface area contributed by atoms with Crippen LogP contribution in [0.4, 0.5) is 14.5 Å². The molecule has 4 rings (SSSR count). The van der Waals surface area contributed by atoms with E-state index in [4.69, 9.17) is 4.74 Å². The van der Waals surface area contributed by atoms with Crippen molar-refractivity contribution < 1.29 is 13.5 Å². The monoisotopic (exact) mass is 391 g/mol. The fourth-order valence-corrected chi connectivity index (χ4v) is 4.26. The molecule has 0 saturated heterocycles. The Labute approximate surface area is 147 Å². The van der Waals surface area contributed by atoms with Crippen LogP contribution in [0, 0.1) is 17.6 Å². The van der Waals surface area contributed by atoms with E-state index >= 15 is 0 Å². The molecule has 1 aliphatic carbocycles. The number of allylic oxidation sites excluding steroid dienone is 2. The van der Waals surface area contributed by atoms with Gasteiger partial charge >= 0.3 is 0 Å². The van der Waals surface area contributed by atoms with E-state index in [1.54, 1.807) is 7.11 Å². The molecule has 124 valence electrons. The second kappa shape index (κ2) is 5.88. The molecule has 5 heteroatoms. The van der Waals surface area contributed by atoms with Crippen LogP contribution in [-0.2, 0) is 0 Å². The van der Waals surface area contributed by atoms with Crippen LogP contribution in [0.15, 0.2) is 47.0 Å². The van der Waals surface area contributed by atoms with E-state index in [0.717, 1.165) is 28.3 Å². The molecule has 0 bridgehead atoms. The summed E-state index contributed by atoms with van der Waals surface area (Å²) in [5.74, 6) is -0.136. The number of fused-ring (bicyclic) bond motifs is 3. The second-order valence-corrected chi connectivity index (χ2v) is 7.13. The van der Waals surface area contributed by atoms with E-state index in [0.29, 0.717) is 11.3 Å². The summed E-state index contributed by atoms with van der Waals surface area (Å²) in [7, 11) is 1.63. The van der Waals surface area contributed by atoms with Gasteiger partial charge in [-0.1, -0.05) is 28.1 Å². The van der Waals surface area contributed by atoms with Gasteiger partial charge in [-0.15, -0.1) is 0 Å². The van der Waals surface area contributed by atoms with Gasteiger partial charge in [-0.25, -0.2) is 8.78 Å². The first-order chi connectivity index (χ1) is 11.6. The molecule has 2 aromatic carbocycles. The average molecular weight is 392 g/mol. The topological polar surface area (TPSA) is 21.3 Å².